The summed E-state index contributed by atoms with van der Waals surface area (Å²) in [5.41, 5.74) is 2.75. The molecule has 3 aromatic rings. The molecule has 1 fully saturated rings. The number of nitrogens with one attached hydrogen (secondary N) is 1. The molecule has 1 saturated heterocycles. The number of rotatable bonds is 5. The van der Waals surface area contributed by atoms with Crippen molar-refractivity contribution >= 4 is 49.9 Å². The number of thiazole rings is 1. The molecule has 1 aromatic heterocycles. The maximum Gasteiger partial charge on any atom is 0.229 e. The number of halogens is 1. The van der Waals surface area contributed by atoms with Crippen LogP contribution in [0.15, 0.2) is 36.4 Å². The fraction of sp³-hybridized carbons (Fsp3) is 0.364. The molecule has 29 heavy (non-hydrogen) atoms. The van der Waals surface area contributed by atoms with Crippen LogP contribution < -0.4 is 15.0 Å². The molecule has 4 rings (SSSR count). The van der Waals surface area contributed by atoms with Gasteiger partial charge in [-0.05, 0) is 62.6 Å². The van der Waals surface area contributed by atoms with E-state index in [1.54, 1.807) is 17.4 Å². The van der Waals surface area contributed by atoms with Gasteiger partial charge < -0.3 is 15.0 Å². The summed E-state index contributed by atoms with van der Waals surface area (Å²) in [6.45, 7) is 6.18. The molecule has 0 radical (unpaired) electrons. The van der Waals surface area contributed by atoms with E-state index in [0.717, 1.165) is 51.7 Å². The minimum absolute atomic E-state index is 0.0415. The molecule has 0 saturated carbocycles. The van der Waals surface area contributed by atoms with Gasteiger partial charge in [0.2, 0.25) is 5.91 Å². The van der Waals surface area contributed by atoms with Gasteiger partial charge in [0.15, 0.2) is 5.13 Å². The predicted octanol–water partition coefficient (Wildman–Crippen LogP) is 5.51. The van der Waals surface area contributed by atoms with Gasteiger partial charge in [-0.25, -0.2) is 4.98 Å². The SMILES string of the molecule is CCOc1ccc2nc(N3CCC[C@@H](C(=O)Nc4cc(Cl)ccc4C)C3)sc2c1. The first kappa shape index (κ1) is 20.0. The zero-order valence-corrected chi connectivity index (χ0v) is 18.1. The zero-order chi connectivity index (χ0) is 20.4. The number of hydrogen-bond donors (Lipinski definition) is 1. The Bertz CT molecular complexity index is 1040. The smallest absolute Gasteiger partial charge is 0.229 e. The van der Waals surface area contributed by atoms with Crippen molar-refractivity contribution in [3.8, 4) is 5.75 Å². The first-order valence-electron chi connectivity index (χ1n) is 9.89. The third-order valence-corrected chi connectivity index (χ3v) is 6.49. The molecule has 2 heterocycles. The zero-order valence-electron chi connectivity index (χ0n) is 16.6. The molecule has 152 valence electrons. The highest BCUT2D eigenvalue weighted by Gasteiger charge is 2.28. The van der Waals surface area contributed by atoms with Crippen molar-refractivity contribution in [2.75, 3.05) is 29.9 Å². The maximum atomic E-state index is 12.9. The molecule has 1 amide bonds. The monoisotopic (exact) mass is 429 g/mol. The van der Waals surface area contributed by atoms with Crippen LogP contribution in [0.5, 0.6) is 5.75 Å². The normalized spacial score (nSPS) is 16.8. The Morgan fingerprint density at radius 1 is 1.34 bits per heavy atom. The number of fused-ring (bicyclic) bond motifs is 1. The van der Waals surface area contributed by atoms with E-state index in [2.05, 4.69) is 10.2 Å². The van der Waals surface area contributed by atoms with Crippen LogP contribution in [0.1, 0.15) is 25.3 Å². The second kappa shape index (κ2) is 8.59. The highest BCUT2D eigenvalue weighted by atomic mass is 35.5. The number of amides is 1. The Balaban J connectivity index is 1.48. The van der Waals surface area contributed by atoms with E-state index < -0.39 is 0 Å². The highest BCUT2D eigenvalue weighted by Crippen LogP contribution is 2.34. The molecule has 1 atom stereocenters. The molecule has 7 heteroatoms. The molecule has 0 aliphatic carbocycles. The number of anilines is 2. The third kappa shape index (κ3) is 4.49. The van der Waals surface area contributed by atoms with Gasteiger partial charge in [-0.15, -0.1) is 0 Å². The average molecular weight is 430 g/mol. The van der Waals surface area contributed by atoms with E-state index in [9.17, 15) is 4.79 Å². The summed E-state index contributed by atoms with van der Waals surface area (Å²) >= 11 is 7.74. The van der Waals surface area contributed by atoms with Crippen LogP contribution in [0.3, 0.4) is 0 Å². The summed E-state index contributed by atoms with van der Waals surface area (Å²) < 4.78 is 6.70. The van der Waals surface area contributed by atoms with Crippen LogP contribution in [0, 0.1) is 12.8 Å². The summed E-state index contributed by atoms with van der Waals surface area (Å²) in [6, 6.07) is 11.5. The van der Waals surface area contributed by atoms with Gasteiger partial charge >= 0.3 is 0 Å². The number of piperidine rings is 1. The topological polar surface area (TPSA) is 54.5 Å². The molecule has 1 N–H and O–H groups in total. The fourth-order valence-electron chi connectivity index (χ4n) is 3.61. The van der Waals surface area contributed by atoms with Gasteiger partial charge in [0.1, 0.15) is 5.75 Å². The van der Waals surface area contributed by atoms with Crippen molar-refractivity contribution in [2.45, 2.75) is 26.7 Å². The molecule has 0 unspecified atom stereocenters. The molecule has 1 aliphatic heterocycles. The number of hydrogen-bond acceptors (Lipinski definition) is 5. The van der Waals surface area contributed by atoms with Gasteiger partial charge in [0.25, 0.3) is 0 Å². The Morgan fingerprint density at radius 3 is 3.03 bits per heavy atom. The third-order valence-electron chi connectivity index (χ3n) is 5.18. The van der Waals surface area contributed by atoms with Crippen LogP contribution in [0.4, 0.5) is 10.8 Å². The predicted molar refractivity (Wildman–Crippen MR) is 121 cm³/mol. The van der Waals surface area contributed by atoms with Crippen molar-refractivity contribution in [3.63, 3.8) is 0 Å². The second-order valence-corrected chi connectivity index (χ2v) is 8.74. The fourth-order valence-corrected chi connectivity index (χ4v) is 4.81. The number of carbonyl (C=O) groups is 1. The lowest BCUT2D eigenvalue weighted by Crippen LogP contribution is -2.40. The number of benzene rings is 2. The van der Waals surface area contributed by atoms with E-state index in [1.807, 2.05) is 44.2 Å². The molecular weight excluding hydrogens is 406 g/mol. The Kier molecular flexibility index (Phi) is 5.92. The quantitative estimate of drug-likeness (QED) is 0.580. The van der Waals surface area contributed by atoms with Gasteiger partial charge in [-0.3, -0.25) is 4.79 Å². The second-order valence-electron chi connectivity index (χ2n) is 7.29. The van der Waals surface area contributed by atoms with Crippen molar-refractivity contribution < 1.29 is 9.53 Å². The van der Waals surface area contributed by atoms with E-state index in [0.29, 0.717) is 18.2 Å². The van der Waals surface area contributed by atoms with Crippen molar-refractivity contribution in [2.24, 2.45) is 5.92 Å². The van der Waals surface area contributed by atoms with Crippen LogP contribution in [0.25, 0.3) is 10.2 Å². The van der Waals surface area contributed by atoms with E-state index in [-0.39, 0.29) is 11.8 Å². The number of nitrogens with zero attached hydrogens (tertiary/aromatic N) is 2. The first-order valence-corrected chi connectivity index (χ1v) is 11.1. The van der Waals surface area contributed by atoms with Crippen molar-refractivity contribution in [1.29, 1.82) is 0 Å². The molecule has 0 bridgehead atoms. The van der Waals surface area contributed by atoms with E-state index in [4.69, 9.17) is 21.3 Å². The summed E-state index contributed by atoms with van der Waals surface area (Å²) in [5.74, 6) is 0.830. The first-order chi connectivity index (χ1) is 14.0. The number of carbonyl (C=O) groups excluding carboxylic acids is 1. The minimum atomic E-state index is -0.0758. The summed E-state index contributed by atoms with van der Waals surface area (Å²) in [6.07, 6.45) is 1.84. The summed E-state index contributed by atoms with van der Waals surface area (Å²) in [4.78, 5) is 19.9. The summed E-state index contributed by atoms with van der Waals surface area (Å²) in [7, 11) is 0. The minimum Gasteiger partial charge on any atom is -0.494 e. The Morgan fingerprint density at radius 2 is 2.21 bits per heavy atom. The largest absolute Gasteiger partial charge is 0.494 e. The lowest BCUT2D eigenvalue weighted by Gasteiger charge is -2.31. The van der Waals surface area contributed by atoms with Gasteiger partial charge in [-0.2, -0.15) is 0 Å². The van der Waals surface area contributed by atoms with Crippen molar-refractivity contribution in [3.05, 3.63) is 47.0 Å². The Labute approximate surface area is 179 Å². The lowest BCUT2D eigenvalue weighted by molar-refractivity contribution is -0.120. The molecule has 0 spiro atoms. The summed E-state index contributed by atoms with van der Waals surface area (Å²) in [5, 5.41) is 4.64. The van der Waals surface area contributed by atoms with Gasteiger partial charge in [0, 0.05) is 23.8 Å². The van der Waals surface area contributed by atoms with Crippen molar-refractivity contribution in [1.82, 2.24) is 4.98 Å². The van der Waals surface area contributed by atoms with Gasteiger partial charge in [0.05, 0.1) is 22.7 Å². The lowest BCUT2D eigenvalue weighted by atomic mass is 9.97. The van der Waals surface area contributed by atoms with E-state index in [1.165, 1.54) is 0 Å². The maximum absolute atomic E-state index is 12.9. The van der Waals surface area contributed by atoms with Crippen LogP contribution >= 0.6 is 22.9 Å². The molecule has 1 aliphatic rings. The van der Waals surface area contributed by atoms with E-state index >= 15 is 0 Å². The molecule has 2 aromatic carbocycles. The van der Waals surface area contributed by atoms with Crippen LogP contribution in [-0.4, -0.2) is 30.6 Å². The number of aromatic nitrogens is 1. The standard InChI is InChI=1S/C22H24ClN3O2S/c1-3-28-17-8-9-18-20(12-17)29-22(25-18)26-10-4-5-15(13-26)21(27)24-19-11-16(23)7-6-14(19)2/h6-9,11-12,15H,3-5,10,13H2,1-2H3,(H,24,27)/t15-/m1/s1. The Hall–Kier alpha value is -2.31. The molecular formula is C22H24ClN3O2S. The van der Waals surface area contributed by atoms with Crippen LogP contribution in [0.2, 0.25) is 5.02 Å². The number of ether oxygens (including phenoxy) is 1. The molecule has 5 nitrogen and oxygen atoms in total. The number of aryl methyl sites for hydroxylation is 1. The van der Waals surface area contributed by atoms with Gasteiger partial charge in [-0.1, -0.05) is 29.0 Å². The highest BCUT2D eigenvalue weighted by molar-refractivity contribution is 7.22. The van der Waals surface area contributed by atoms with Crippen LogP contribution in [-0.2, 0) is 4.79 Å². The average Bonchev–Trinajstić information content (AvgIpc) is 3.14.